The Hall–Kier alpha value is -2.24. The highest BCUT2D eigenvalue weighted by atomic mass is 16.2. The lowest BCUT2D eigenvalue weighted by molar-refractivity contribution is -0.118. The van der Waals surface area contributed by atoms with Crippen LogP contribution in [-0.4, -0.2) is 25.4 Å². The van der Waals surface area contributed by atoms with Gasteiger partial charge in [0.25, 0.3) is 5.91 Å². The number of rotatable bonds is 4. The van der Waals surface area contributed by atoms with Crippen molar-refractivity contribution >= 4 is 23.2 Å². The van der Waals surface area contributed by atoms with Crippen molar-refractivity contribution in [2.24, 2.45) is 5.73 Å². The first-order valence-corrected chi connectivity index (χ1v) is 4.68. The number of primary amides is 1. The fourth-order valence-corrected chi connectivity index (χ4v) is 1.18. The zero-order valence-corrected chi connectivity index (χ0v) is 8.91. The van der Waals surface area contributed by atoms with Gasteiger partial charge in [0.2, 0.25) is 5.91 Å². The summed E-state index contributed by atoms with van der Waals surface area (Å²) in [6.45, 7) is 0.0701. The maximum absolute atomic E-state index is 11.1. The van der Waals surface area contributed by atoms with Crippen LogP contribution in [0.4, 0.5) is 11.4 Å². The molecule has 1 aromatic carbocycles. The van der Waals surface area contributed by atoms with Crippen molar-refractivity contribution in [3.8, 4) is 0 Å². The maximum atomic E-state index is 11.1. The van der Waals surface area contributed by atoms with Crippen molar-refractivity contribution in [1.82, 2.24) is 5.32 Å². The molecule has 0 saturated heterocycles. The molecule has 0 atom stereocenters. The molecule has 0 unspecified atom stereocenters. The number of amides is 2. The van der Waals surface area contributed by atoms with E-state index in [1.54, 1.807) is 12.1 Å². The van der Waals surface area contributed by atoms with Gasteiger partial charge < -0.3 is 22.1 Å². The first kappa shape index (κ1) is 11.8. The summed E-state index contributed by atoms with van der Waals surface area (Å²) in [4.78, 5) is 22.1. The Morgan fingerprint density at radius 2 is 2.06 bits per heavy atom. The first-order chi connectivity index (χ1) is 7.54. The summed E-state index contributed by atoms with van der Waals surface area (Å²) in [5.74, 6) is -0.779. The molecule has 0 bridgehead atoms. The van der Waals surface area contributed by atoms with Gasteiger partial charge in [0.05, 0.1) is 12.1 Å². The smallest absolute Gasteiger partial charge is 0.250 e. The lowest BCUT2D eigenvalue weighted by Gasteiger charge is -2.09. The van der Waals surface area contributed by atoms with Crippen molar-refractivity contribution in [1.29, 1.82) is 0 Å². The number of carbonyl (C=O) groups is 2. The molecule has 0 aliphatic heterocycles. The van der Waals surface area contributed by atoms with Gasteiger partial charge in [-0.3, -0.25) is 9.59 Å². The highest BCUT2D eigenvalue weighted by molar-refractivity contribution is 5.99. The third-order valence-electron chi connectivity index (χ3n) is 2.03. The Balaban J connectivity index is 2.87. The van der Waals surface area contributed by atoms with E-state index in [-0.39, 0.29) is 18.0 Å². The number of likely N-dealkylation sites (N-methyl/N-ethyl adjacent to an activating group) is 1. The third kappa shape index (κ3) is 2.88. The molecule has 0 aliphatic rings. The maximum Gasteiger partial charge on any atom is 0.250 e. The van der Waals surface area contributed by atoms with Crippen LogP contribution in [0.25, 0.3) is 0 Å². The van der Waals surface area contributed by atoms with E-state index in [9.17, 15) is 9.59 Å². The second-order valence-electron chi connectivity index (χ2n) is 3.20. The van der Waals surface area contributed by atoms with Crippen molar-refractivity contribution in [2.75, 3.05) is 24.6 Å². The number of nitrogens with two attached hydrogens (primary N) is 2. The Morgan fingerprint density at radius 1 is 1.38 bits per heavy atom. The molecule has 86 valence electrons. The lowest BCUT2D eigenvalue weighted by atomic mass is 10.1. The molecule has 6 N–H and O–H groups in total. The Morgan fingerprint density at radius 3 is 2.62 bits per heavy atom. The van der Waals surface area contributed by atoms with Crippen LogP contribution in [0.1, 0.15) is 10.4 Å². The minimum atomic E-state index is -0.591. The summed E-state index contributed by atoms with van der Waals surface area (Å²) in [6.07, 6.45) is 0. The van der Waals surface area contributed by atoms with E-state index in [4.69, 9.17) is 11.5 Å². The zero-order valence-electron chi connectivity index (χ0n) is 8.91. The first-order valence-electron chi connectivity index (χ1n) is 4.68. The molecule has 16 heavy (non-hydrogen) atoms. The summed E-state index contributed by atoms with van der Waals surface area (Å²) in [5.41, 5.74) is 11.9. The molecule has 0 spiro atoms. The highest BCUT2D eigenvalue weighted by Crippen LogP contribution is 2.17. The molecule has 6 heteroatoms. The monoisotopic (exact) mass is 222 g/mol. The van der Waals surface area contributed by atoms with E-state index in [2.05, 4.69) is 10.6 Å². The SMILES string of the molecule is CNC(=O)CNc1ccc(N)cc1C(N)=O. The molecular formula is C10H14N4O2. The average Bonchev–Trinajstić information content (AvgIpc) is 2.26. The summed E-state index contributed by atoms with van der Waals surface area (Å²) in [6, 6.07) is 4.70. The molecular weight excluding hydrogens is 208 g/mol. The summed E-state index contributed by atoms with van der Waals surface area (Å²) < 4.78 is 0. The van der Waals surface area contributed by atoms with E-state index in [1.165, 1.54) is 13.1 Å². The van der Waals surface area contributed by atoms with Crippen molar-refractivity contribution < 1.29 is 9.59 Å². The van der Waals surface area contributed by atoms with Gasteiger partial charge in [-0.1, -0.05) is 0 Å². The fraction of sp³-hybridized carbons (Fsp3) is 0.200. The van der Waals surface area contributed by atoms with Crippen molar-refractivity contribution in [3.05, 3.63) is 23.8 Å². The van der Waals surface area contributed by atoms with Gasteiger partial charge in [0, 0.05) is 18.4 Å². The minimum absolute atomic E-state index is 0.0701. The normalized spacial score (nSPS) is 9.56. The van der Waals surface area contributed by atoms with Crippen LogP contribution >= 0.6 is 0 Å². The minimum Gasteiger partial charge on any atom is -0.399 e. The van der Waals surface area contributed by atoms with Crippen molar-refractivity contribution in [2.45, 2.75) is 0 Å². The number of hydrogen-bond donors (Lipinski definition) is 4. The van der Waals surface area contributed by atoms with Gasteiger partial charge in [-0.15, -0.1) is 0 Å². The van der Waals surface area contributed by atoms with Gasteiger partial charge in [-0.25, -0.2) is 0 Å². The summed E-state index contributed by atoms with van der Waals surface area (Å²) >= 11 is 0. The highest BCUT2D eigenvalue weighted by Gasteiger charge is 2.09. The van der Waals surface area contributed by atoms with Crippen LogP contribution in [0.15, 0.2) is 18.2 Å². The van der Waals surface area contributed by atoms with E-state index >= 15 is 0 Å². The average molecular weight is 222 g/mol. The van der Waals surface area contributed by atoms with Crippen LogP contribution in [0.2, 0.25) is 0 Å². The van der Waals surface area contributed by atoms with Crippen molar-refractivity contribution in [3.63, 3.8) is 0 Å². The zero-order chi connectivity index (χ0) is 12.1. The topological polar surface area (TPSA) is 110 Å². The molecule has 0 aromatic heterocycles. The standard InChI is InChI=1S/C10H14N4O2/c1-13-9(15)5-14-8-3-2-6(11)4-7(8)10(12)16/h2-4,14H,5,11H2,1H3,(H2,12,16)(H,13,15). The Kier molecular flexibility index (Phi) is 3.71. The summed E-state index contributed by atoms with van der Waals surface area (Å²) in [7, 11) is 1.53. The number of nitrogens with one attached hydrogen (secondary N) is 2. The van der Waals surface area contributed by atoms with Crippen LogP contribution < -0.4 is 22.1 Å². The van der Waals surface area contributed by atoms with E-state index in [0.717, 1.165) is 0 Å². The molecule has 2 amide bonds. The van der Waals surface area contributed by atoms with Crippen LogP contribution in [0.5, 0.6) is 0 Å². The predicted octanol–water partition coefficient (Wildman–Crippen LogP) is -0.474. The molecule has 0 heterocycles. The van der Waals surface area contributed by atoms with Gasteiger partial charge >= 0.3 is 0 Å². The number of hydrogen-bond acceptors (Lipinski definition) is 4. The molecule has 6 nitrogen and oxygen atoms in total. The number of carbonyl (C=O) groups excluding carboxylic acids is 2. The molecule has 0 fully saturated rings. The molecule has 0 saturated carbocycles. The van der Waals surface area contributed by atoms with Crippen LogP contribution in [0, 0.1) is 0 Å². The molecule has 0 aliphatic carbocycles. The van der Waals surface area contributed by atoms with Gasteiger partial charge in [0.1, 0.15) is 0 Å². The Bertz CT molecular complexity index is 417. The number of benzene rings is 1. The largest absolute Gasteiger partial charge is 0.399 e. The number of nitrogen functional groups attached to an aromatic ring is 1. The lowest BCUT2D eigenvalue weighted by Crippen LogP contribution is -2.27. The second-order valence-corrected chi connectivity index (χ2v) is 3.20. The molecule has 1 rings (SSSR count). The molecule has 1 aromatic rings. The van der Waals surface area contributed by atoms with Gasteiger partial charge in [-0.2, -0.15) is 0 Å². The predicted molar refractivity (Wildman–Crippen MR) is 61.9 cm³/mol. The van der Waals surface area contributed by atoms with Crippen LogP contribution in [0.3, 0.4) is 0 Å². The molecule has 0 radical (unpaired) electrons. The fourth-order valence-electron chi connectivity index (χ4n) is 1.18. The second kappa shape index (κ2) is 5.01. The van der Waals surface area contributed by atoms with Gasteiger partial charge in [-0.05, 0) is 18.2 Å². The van der Waals surface area contributed by atoms with E-state index in [1.807, 2.05) is 0 Å². The number of anilines is 2. The Labute approximate surface area is 93.0 Å². The quantitative estimate of drug-likeness (QED) is 0.516. The summed E-state index contributed by atoms with van der Waals surface area (Å²) in [5, 5.41) is 5.26. The van der Waals surface area contributed by atoms with E-state index in [0.29, 0.717) is 11.4 Å². The van der Waals surface area contributed by atoms with E-state index < -0.39 is 5.91 Å². The van der Waals surface area contributed by atoms with Gasteiger partial charge in [0.15, 0.2) is 0 Å². The third-order valence-corrected chi connectivity index (χ3v) is 2.03. The van der Waals surface area contributed by atoms with Crippen LogP contribution in [-0.2, 0) is 4.79 Å².